The molecule has 1 aromatic heterocycles. The second-order valence-electron chi connectivity index (χ2n) is 9.41. The second-order valence-corrected chi connectivity index (χ2v) is 12.4. The third kappa shape index (κ3) is 4.99. The number of carbonyl (C=O) groups is 2. The largest absolute Gasteiger partial charge is 0.507 e. The van der Waals surface area contributed by atoms with Crippen LogP contribution in [0.1, 0.15) is 35.2 Å². The molecule has 2 aliphatic heterocycles. The Morgan fingerprint density at radius 3 is 2.73 bits per heavy atom. The minimum absolute atomic E-state index is 0.0202. The van der Waals surface area contributed by atoms with Crippen molar-refractivity contribution in [3.63, 3.8) is 0 Å². The van der Waals surface area contributed by atoms with Gasteiger partial charge in [0.2, 0.25) is 5.13 Å². The molecule has 1 N–H and O–H groups in total. The summed E-state index contributed by atoms with van der Waals surface area (Å²) in [7, 11) is 0. The van der Waals surface area contributed by atoms with Crippen LogP contribution in [0.5, 0.6) is 5.75 Å². The maximum atomic E-state index is 13.5. The number of aromatic nitrogens is 2. The van der Waals surface area contributed by atoms with Crippen molar-refractivity contribution in [3.05, 3.63) is 105 Å². The van der Waals surface area contributed by atoms with Crippen LogP contribution in [0.4, 0.5) is 5.13 Å². The molecule has 4 aromatic rings. The number of thioether (sulfide) groups is 1. The molecule has 0 bridgehead atoms. The molecule has 1 fully saturated rings. The van der Waals surface area contributed by atoms with E-state index >= 15 is 0 Å². The molecule has 2 unspecified atom stereocenters. The van der Waals surface area contributed by atoms with Gasteiger partial charge in [0.05, 0.1) is 11.6 Å². The number of anilines is 1. The number of aliphatic hydroxyl groups is 1. The molecule has 0 saturated carbocycles. The van der Waals surface area contributed by atoms with Crippen molar-refractivity contribution in [3.8, 4) is 5.75 Å². The van der Waals surface area contributed by atoms with Crippen LogP contribution in [0.3, 0.4) is 0 Å². The minimum atomic E-state index is -0.948. The molecule has 0 radical (unpaired) electrons. The van der Waals surface area contributed by atoms with Crippen molar-refractivity contribution >= 4 is 68.9 Å². The van der Waals surface area contributed by atoms with E-state index in [2.05, 4.69) is 10.2 Å². The summed E-state index contributed by atoms with van der Waals surface area (Å²) in [5, 5.41) is 21.3. The molecule has 6 rings (SSSR count). The Hall–Kier alpha value is -3.37. The summed E-state index contributed by atoms with van der Waals surface area (Å²) in [6, 6.07) is 18.7. The van der Waals surface area contributed by atoms with Gasteiger partial charge in [-0.05, 0) is 60.0 Å². The number of nitrogens with zero attached hydrogens (tertiary/aromatic N) is 3. The van der Waals surface area contributed by atoms with Crippen molar-refractivity contribution in [2.75, 3.05) is 4.90 Å². The van der Waals surface area contributed by atoms with Crippen LogP contribution in [0, 0.1) is 0 Å². The maximum absolute atomic E-state index is 13.5. The lowest BCUT2D eigenvalue weighted by atomic mass is 9.94. The number of carbonyl (C=O) groups excluding carboxylic acids is 2. The summed E-state index contributed by atoms with van der Waals surface area (Å²) in [5.41, 5.74) is 2.81. The van der Waals surface area contributed by atoms with E-state index in [-0.39, 0.29) is 22.6 Å². The van der Waals surface area contributed by atoms with Crippen molar-refractivity contribution in [2.24, 2.45) is 0 Å². The standard InChI is InChI=1S/C29H21Cl2N3O4S2/c1-15-11-19-12-17(9-10-22(19)38-15)25(35)23-24(16-6-4-7-20(30)13-16)34(27(37)26(23)36)28-32-33-29(40-28)39-14-18-5-2-3-8-21(18)31/h2-10,12-13,15,24,35H,11,14H2,1H3/b25-23+. The smallest absolute Gasteiger partial charge is 0.301 e. The maximum Gasteiger partial charge on any atom is 0.301 e. The lowest BCUT2D eigenvalue weighted by Gasteiger charge is -2.22. The van der Waals surface area contributed by atoms with E-state index in [1.54, 1.807) is 42.5 Å². The highest BCUT2D eigenvalue weighted by molar-refractivity contribution is 8.00. The highest BCUT2D eigenvalue weighted by Crippen LogP contribution is 2.45. The van der Waals surface area contributed by atoms with Crippen LogP contribution in [-0.2, 0) is 21.8 Å². The molecule has 202 valence electrons. The van der Waals surface area contributed by atoms with E-state index in [4.69, 9.17) is 27.9 Å². The van der Waals surface area contributed by atoms with Crippen LogP contribution in [0.15, 0.2) is 76.6 Å². The Bertz CT molecular complexity index is 1690. The first-order chi connectivity index (χ1) is 19.3. The van der Waals surface area contributed by atoms with E-state index in [0.29, 0.717) is 37.7 Å². The van der Waals surface area contributed by atoms with Gasteiger partial charge < -0.3 is 9.84 Å². The number of amides is 1. The molecule has 1 saturated heterocycles. The molecule has 0 aliphatic carbocycles. The zero-order chi connectivity index (χ0) is 28.0. The Balaban J connectivity index is 1.39. The number of fused-ring (bicyclic) bond motifs is 1. The summed E-state index contributed by atoms with van der Waals surface area (Å²) < 4.78 is 6.38. The van der Waals surface area contributed by atoms with Gasteiger partial charge >= 0.3 is 5.91 Å². The van der Waals surface area contributed by atoms with Crippen molar-refractivity contribution in [1.29, 1.82) is 0 Å². The van der Waals surface area contributed by atoms with Gasteiger partial charge in [0.1, 0.15) is 17.6 Å². The van der Waals surface area contributed by atoms with Gasteiger partial charge in [-0.3, -0.25) is 14.5 Å². The van der Waals surface area contributed by atoms with Crippen LogP contribution < -0.4 is 9.64 Å². The predicted octanol–water partition coefficient (Wildman–Crippen LogP) is 7.09. The fourth-order valence-electron chi connectivity index (χ4n) is 4.86. The van der Waals surface area contributed by atoms with E-state index in [1.165, 1.54) is 28.0 Å². The number of aliphatic hydroxyl groups excluding tert-OH is 1. The molecule has 2 aliphatic rings. The van der Waals surface area contributed by atoms with Gasteiger partial charge in [-0.2, -0.15) is 0 Å². The number of Topliss-reactive ketones (excluding diaryl/α,β-unsaturated/α-hetero) is 1. The zero-order valence-corrected chi connectivity index (χ0v) is 24.2. The average Bonchev–Trinajstić information content (AvgIpc) is 3.63. The summed E-state index contributed by atoms with van der Waals surface area (Å²) in [6.07, 6.45) is 0.703. The van der Waals surface area contributed by atoms with Crippen molar-refractivity contribution in [1.82, 2.24) is 10.2 Å². The monoisotopic (exact) mass is 609 g/mol. The Labute approximate surface area is 248 Å². The van der Waals surface area contributed by atoms with Crippen LogP contribution in [-0.4, -0.2) is 33.1 Å². The Morgan fingerprint density at radius 1 is 1.10 bits per heavy atom. The average molecular weight is 611 g/mol. The lowest BCUT2D eigenvalue weighted by molar-refractivity contribution is -0.132. The number of hydrogen-bond donors (Lipinski definition) is 1. The molecule has 40 heavy (non-hydrogen) atoms. The first-order valence-electron chi connectivity index (χ1n) is 12.4. The van der Waals surface area contributed by atoms with Gasteiger partial charge in [-0.25, -0.2) is 0 Å². The molecule has 11 heteroatoms. The summed E-state index contributed by atoms with van der Waals surface area (Å²) in [5.74, 6) is -0.583. The van der Waals surface area contributed by atoms with Crippen LogP contribution in [0.25, 0.3) is 5.76 Å². The number of halogens is 2. The highest BCUT2D eigenvalue weighted by atomic mass is 35.5. The van der Waals surface area contributed by atoms with Gasteiger partial charge in [0.25, 0.3) is 5.78 Å². The van der Waals surface area contributed by atoms with Crippen LogP contribution >= 0.6 is 46.3 Å². The third-order valence-electron chi connectivity index (χ3n) is 6.69. The van der Waals surface area contributed by atoms with E-state index in [1.807, 2.05) is 31.2 Å². The predicted molar refractivity (Wildman–Crippen MR) is 157 cm³/mol. The van der Waals surface area contributed by atoms with Crippen molar-refractivity contribution < 1.29 is 19.4 Å². The summed E-state index contributed by atoms with van der Waals surface area (Å²) >= 11 is 15.2. The number of ketones is 1. The molecule has 7 nitrogen and oxygen atoms in total. The molecule has 1 amide bonds. The first kappa shape index (κ1) is 26.8. The van der Waals surface area contributed by atoms with E-state index in [0.717, 1.165) is 16.9 Å². The third-order valence-corrected chi connectivity index (χ3v) is 9.40. The SMILES string of the molecule is CC1Cc2cc(/C(O)=C3\C(=O)C(=O)N(c4nnc(SCc5ccccc5Cl)s4)C3c3cccc(Cl)c3)ccc2O1. The van der Waals surface area contributed by atoms with E-state index < -0.39 is 17.7 Å². The van der Waals surface area contributed by atoms with Gasteiger partial charge in [0.15, 0.2) is 4.34 Å². The zero-order valence-electron chi connectivity index (χ0n) is 21.0. The first-order valence-corrected chi connectivity index (χ1v) is 14.9. The molecule has 3 heterocycles. The Kier molecular flexibility index (Phi) is 7.31. The van der Waals surface area contributed by atoms with E-state index in [9.17, 15) is 14.7 Å². The molecule has 0 spiro atoms. The quantitative estimate of drug-likeness (QED) is 0.0820. The Morgan fingerprint density at radius 2 is 1.93 bits per heavy atom. The van der Waals surface area contributed by atoms with Crippen molar-refractivity contribution in [2.45, 2.75) is 35.6 Å². The number of benzene rings is 3. The fraction of sp³-hybridized carbons (Fsp3) is 0.172. The number of ether oxygens (including phenoxy) is 1. The topological polar surface area (TPSA) is 92.6 Å². The lowest BCUT2D eigenvalue weighted by Crippen LogP contribution is -2.29. The molecular weight excluding hydrogens is 589 g/mol. The number of hydrogen-bond acceptors (Lipinski definition) is 8. The normalized spacial score (nSPS) is 19.6. The second kappa shape index (κ2) is 10.9. The van der Waals surface area contributed by atoms with Gasteiger partial charge in [0, 0.05) is 27.8 Å². The molecule has 3 aromatic carbocycles. The number of rotatable bonds is 6. The highest BCUT2D eigenvalue weighted by Gasteiger charge is 2.48. The minimum Gasteiger partial charge on any atom is -0.507 e. The van der Waals surface area contributed by atoms with Crippen LogP contribution in [0.2, 0.25) is 10.0 Å². The van der Waals surface area contributed by atoms with Gasteiger partial charge in [-0.1, -0.05) is 76.6 Å². The summed E-state index contributed by atoms with van der Waals surface area (Å²) in [6.45, 7) is 1.97. The molecular formula is C29H21Cl2N3O4S2. The van der Waals surface area contributed by atoms with Gasteiger partial charge in [-0.15, -0.1) is 10.2 Å². The molecule has 2 atom stereocenters. The summed E-state index contributed by atoms with van der Waals surface area (Å²) in [4.78, 5) is 28.2. The fourth-order valence-corrected chi connectivity index (χ4v) is 7.21.